The lowest BCUT2D eigenvalue weighted by Gasteiger charge is -2.32. The summed E-state index contributed by atoms with van der Waals surface area (Å²) in [4.78, 5) is 30.3. The highest BCUT2D eigenvalue weighted by atomic mass is 16.2. The minimum atomic E-state index is -0.190. The van der Waals surface area contributed by atoms with Gasteiger partial charge < -0.3 is 10.6 Å². The van der Waals surface area contributed by atoms with Gasteiger partial charge in [-0.05, 0) is 62.6 Å². The lowest BCUT2D eigenvalue weighted by Crippen LogP contribution is -2.37. The Morgan fingerprint density at radius 1 is 1.20 bits per heavy atom. The molecule has 186 valence electrons. The number of hydrogen-bond acceptors (Lipinski definition) is 5. The standard InChI is InChI=1S/C26H35N7O2/c1-3-32-22(12-14-28-32)26(35)30-24(18-8-6-17(2)7-9-18)21-16-33-23(29-21)11-10-20(31-33)15-19-5-4-13-27-25(19)34/h10-12,14,16-19,24H,3-9,13,15H2,1-2H3,(H,27,34)(H,30,35)/t17?,18?,19?,24-/m0/s1. The van der Waals surface area contributed by atoms with E-state index in [0.29, 0.717) is 30.5 Å². The smallest absolute Gasteiger partial charge is 0.270 e. The van der Waals surface area contributed by atoms with E-state index in [-0.39, 0.29) is 23.8 Å². The summed E-state index contributed by atoms with van der Waals surface area (Å²) in [5.41, 5.74) is 3.03. The van der Waals surface area contributed by atoms with E-state index >= 15 is 0 Å². The molecule has 0 aromatic carbocycles. The largest absolute Gasteiger partial charge is 0.356 e. The van der Waals surface area contributed by atoms with Gasteiger partial charge in [0, 0.05) is 31.6 Å². The van der Waals surface area contributed by atoms with Crippen molar-refractivity contribution in [1.82, 2.24) is 35.0 Å². The van der Waals surface area contributed by atoms with Crippen molar-refractivity contribution in [3.8, 4) is 0 Å². The highest BCUT2D eigenvalue weighted by Gasteiger charge is 2.31. The first-order valence-electron chi connectivity index (χ1n) is 13.0. The summed E-state index contributed by atoms with van der Waals surface area (Å²) in [6, 6.07) is 5.49. The lowest BCUT2D eigenvalue weighted by atomic mass is 9.78. The number of carbonyl (C=O) groups excluding carboxylic acids is 2. The number of piperidine rings is 1. The Morgan fingerprint density at radius 2 is 2.03 bits per heavy atom. The summed E-state index contributed by atoms with van der Waals surface area (Å²) in [7, 11) is 0. The zero-order valence-electron chi connectivity index (χ0n) is 20.6. The Balaban J connectivity index is 1.41. The number of fused-ring (bicyclic) bond motifs is 1. The summed E-state index contributed by atoms with van der Waals surface area (Å²) >= 11 is 0. The summed E-state index contributed by atoms with van der Waals surface area (Å²) in [6.45, 7) is 5.68. The van der Waals surface area contributed by atoms with E-state index in [0.717, 1.165) is 62.1 Å². The van der Waals surface area contributed by atoms with Gasteiger partial charge in [-0.1, -0.05) is 19.8 Å². The minimum absolute atomic E-state index is 0.0311. The third kappa shape index (κ3) is 5.09. The molecule has 0 radical (unpaired) electrons. The summed E-state index contributed by atoms with van der Waals surface area (Å²) in [5, 5.41) is 15.3. The van der Waals surface area contributed by atoms with Crippen LogP contribution in [0.25, 0.3) is 5.65 Å². The van der Waals surface area contributed by atoms with Crippen molar-refractivity contribution in [1.29, 1.82) is 0 Å². The molecule has 9 heteroatoms. The van der Waals surface area contributed by atoms with Crippen molar-refractivity contribution in [2.45, 2.75) is 71.4 Å². The molecule has 35 heavy (non-hydrogen) atoms. The molecule has 1 saturated heterocycles. The van der Waals surface area contributed by atoms with Crippen LogP contribution in [0.5, 0.6) is 0 Å². The average molecular weight is 478 g/mol. The van der Waals surface area contributed by atoms with Gasteiger partial charge in [0.2, 0.25) is 5.91 Å². The van der Waals surface area contributed by atoms with Gasteiger partial charge in [0.05, 0.1) is 23.6 Å². The molecule has 5 rings (SSSR count). The maximum atomic E-state index is 13.2. The van der Waals surface area contributed by atoms with Crippen LogP contribution in [0.3, 0.4) is 0 Å². The molecule has 1 saturated carbocycles. The maximum Gasteiger partial charge on any atom is 0.270 e. The molecule has 3 aromatic heterocycles. The number of aryl methyl sites for hydroxylation is 1. The molecular formula is C26H35N7O2. The topological polar surface area (TPSA) is 106 Å². The molecule has 0 spiro atoms. The minimum Gasteiger partial charge on any atom is -0.356 e. The second-order valence-electron chi connectivity index (χ2n) is 10.1. The van der Waals surface area contributed by atoms with Gasteiger partial charge in [-0.15, -0.1) is 0 Å². The van der Waals surface area contributed by atoms with Crippen molar-refractivity contribution in [2.75, 3.05) is 6.54 Å². The van der Waals surface area contributed by atoms with E-state index in [4.69, 9.17) is 10.1 Å². The van der Waals surface area contributed by atoms with E-state index in [1.807, 2.05) is 25.3 Å². The zero-order chi connectivity index (χ0) is 24.4. The summed E-state index contributed by atoms with van der Waals surface area (Å²) < 4.78 is 3.51. The Labute approximate surface area is 205 Å². The van der Waals surface area contributed by atoms with Gasteiger partial charge in [0.25, 0.3) is 5.91 Å². The number of carbonyl (C=O) groups is 2. The van der Waals surface area contributed by atoms with Crippen molar-refractivity contribution >= 4 is 17.5 Å². The Hall–Kier alpha value is -3.23. The number of amides is 2. The lowest BCUT2D eigenvalue weighted by molar-refractivity contribution is -0.126. The van der Waals surface area contributed by atoms with E-state index in [1.165, 1.54) is 0 Å². The average Bonchev–Trinajstić information content (AvgIpc) is 3.51. The van der Waals surface area contributed by atoms with E-state index < -0.39 is 0 Å². The van der Waals surface area contributed by atoms with Crippen LogP contribution in [-0.4, -0.2) is 42.7 Å². The van der Waals surface area contributed by atoms with Crippen molar-refractivity contribution in [3.63, 3.8) is 0 Å². The fraction of sp³-hybridized carbons (Fsp3) is 0.577. The van der Waals surface area contributed by atoms with Crippen molar-refractivity contribution in [3.05, 3.63) is 47.7 Å². The molecule has 2 aliphatic rings. The molecule has 1 aliphatic heterocycles. The fourth-order valence-corrected chi connectivity index (χ4v) is 5.53. The zero-order valence-corrected chi connectivity index (χ0v) is 20.6. The van der Waals surface area contributed by atoms with Crippen LogP contribution >= 0.6 is 0 Å². The highest BCUT2D eigenvalue weighted by Crippen LogP contribution is 2.36. The first-order valence-corrected chi connectivity index (χ1v) is 13.0. The predicted molar refractivity (Wildman–Crippen MR) is 132 cm³/mol. The second-order valence-corrected chi connectivity index (χ2v) is 10.1. The van der Waals surface area contributed by atoms with Crippen LogP contribution in [0.2, 0.25) is 0 Å². The van der Waals surface area contributed by atoms with Crippen LogP contribution in [0.4, 0.5) is 0 Å². The van der Waals surface area contributed by atoms with Crippen LogP contribution in [0, 0.1) is 17.8 Å². The molecule has 2 fully saturated rings. The van der Waals surface area contributed by atoms with E-state index in [2.05, 4.69) is 22.7 Å². The van der Waals surface area contributed by atoms with Crippen molar-refractivity contribution < 1.29 is 9.59 Å². The van der Waals surface area contributed by atoms with Crippen molar-refractivity contribution in [2.24, 2.45) is 17.8 Å². The van der Waals surface area contributed by atoms with Crippen LogP contribution in [0.15, 0.2) is 30.6 Å². The molecule has 9 nitrogen and oxygen atoms in total. The van der Waals surface area contributed by atoms with Gasteiger partial charge in [0.1, 0.15) is 5.69 Å². The van der Waals surface area contributed by atoms with Gasteiger partial charge >= 0.3 is 0 Å². The number of nitrogens with zero attached hydrogens (tertiary/aromatic N) is 5. The molecule has 1 unspecified atom stereocenters. The Kier molecular flexibility index (Phi) is 6.83. The van der Waals surface area contributed by atoms with E-state index in [1.54, 1.807) is 21.5 Å². The predicted octanol–water partition coefficient (Wildman–Crippen LogP) is 3.31. The van der Waals surface area contributed by atoms with Gasteiger partial charge in [0.15, 0.2) is 5.65 Å². The number of aromatic nitrogens is 5. The quantitative estimate of drug-likeness (QED) is 0.543. The Morgan fingerprint density at radius 3 is 2.80 bits per heavy atom. The first-order chi connectivity index (χ1) is 17.0. The van der Waals surface area contributed by atoms with Crippen LogP contribution < -0.4 is 10.6 Å². The third-order valence-electron chi connectivity index (χ3n) is 7.63. The molecule has 2 atom stereocenters. The molecule has 1 aliphatic carbocycles. The molecule has 3 aromatic rings. The SMILES string of the molecule is CCn1nccc1C(=O)N[C@H](c1cn2nc(CC3CCCNC3=O)ccc2n1)C1CCC(C)CC1. The van der Waals surface area contributed by atoms with Crippen LogP contribution in [-0.2, 0) is 17.8 Å². The third-order valence-corrected chi connectivity index (χ3v) is 7.63. The molecular weight excluding hydrogens is 442 g/mol. The molecule has 2 amide bonds. The van der Waals surface area contributed by atoms with Gasteiger partial charge in [-0.2, -0.15) is 10.2 Å². The summed E-state index contributed by atoms with van der Waals surface area (Å²) in [6.07, 6.45) is 10.6. The van der Waals surface area contributed by atoms with Gasteiger partial charge in [-0.25, -0.2) is 9.50 Å². The molecule has 2 N–H and O–H groups in total. The monoisotopic (exact) mass is 477 g/mol. The van der Waals surface area contributed by atoms with Gasteiger partial charge in [-0.3, -0.25) is 14.3 Å². The fourth-order valence-electron chi connectivity index (χ4n) is 5.53. The number of hydrogen-bond donors (Lipinski definition) is 2. The number of imidazole rings is 1. The summed E-state index contributed by atoms with van der Waals surface area (Å²) in [5.74, 6) is 0.998. The Bertz CT molecular complexity index is 1190. The highest BCUT2D eigenvalue weighted by molar-refractivity contribution is 5.92. The number of nitrogens with one attached hydrogen (secondary N) is 2. The number of rotatable bonds is 7. The molecule has 4 heterocycles. The first kappa shape index (κ1) is 23.5. The normalized spacial score (nSPS) is 23.7. The molecule has 0 bridgehead atoms. The maximum absolute atomic E-state index is 13.2. The van der Waals surface area contributed by atoms with E-state index in [9.17, 15) is 9.59 Å². The van der Waals surface area contributed by atoms with Crippen LogP contribution in [0.1, 0.15) is 80.3 Å². The second kappa shape index (κ2) is 10.2.